The van der Waals surface area contributed by atoms with Gasteiger partial charge in [-0.05, 0) is 56.5 Å². The summed E-state index contributed by atoms with van der Waals surface area (Å²) in [6.45, 7) is 3.46. The molecule has 1 aromatic carbocycles. The number of benzene rings is 1. The molecule has 0 atom stereocenters. The third-order valence-electron chi connectivity index (χ3n) is 6.06. The minimum Gasteiger partial charge on any atom is -0.388 e. The predicted molar refractivity (Wildman–Crippen MR) is 116 cm³/mol. The van der Waals surface area contributed by atoms with Crippen molar-refractivity contribution in [3.63, 3.8) is 0 Å². The van der Waals surface area contributed by atoms with Crippen molar-refractivity contribution in [3.8, 4) is 17.5 Å². The van der Waals surface area contributed by atoms with Gasteiger partial charge in [0.15, 0.2) is 0 Å². The van der Waals surface area contributed by atoms with Crippen LogP contribution in [0.15, 0.2) is 33.5 Å². The molecule has 0 radical (unpaired) electrons. The summed E-state index contributed by atoms with van der Waals surface area (Å²) in [5.41, 5.74) is 2.65. The van der Waals surface area contributed by atoms with Crippen LogP contribution >= 0.6 is 0 Å². The van der Waals surface area contributed by atoms with Gasteiger partial charge in [-0.3, -0.25) is 4.79 Å². The molecular formula is C23H24FN5O3. The number of rotatable bonds is 5. The lowest BCUT2D eigenvalue weighted by Crippen LogP contribution is -2.27. The van der Waals surface area contributed by atoms with Crippen LogP contribution in [0.1, 0.15) is 55.0 Å². The summed E-state index contributed by atoms with van der Waals surface area (Å²) >= 11 is 0. The van der Waals surface area contributed by atoms with Crippen molar-refractivity contribution in [3.05, 3.63) is 57.5 Å². The molecule has 2 heterocycles. The van der Waals surface area contributed by atoms with E-state index in [0.717, 1.165) is 41.6 Å². The maximum Gasteiger partial charge on any atom is 0.437 e. The molecule has 3 aromatic rings. The highest BCUT2D eigenvalue weighted by Gasteiger charge is 2.26. The van der Waals surface area contributed by atoms with E-state index in [9.17, 15) is 19.2 Å². The Balaban J connectivity index is 1.59. The molecule has 32 heavy (non-hydrogen) atoms. The molecule has 1 aliphatic rings. The lowest BCUT2D eigenvalue weighted by atomic mass is 9.95. The molecule has 8 nitrogen and oxygen atoms in total. The van der Waals surface area contributed by atoms with Gasteiger partial charge in [0.25, 0.3) is 0 Å². The number of hydrogen-bond acceptors (Lipinski definition) is 5. The van der Waals surface area contributed by atoms with Crippen molar-refractivity contribution in [1.82, 2.24) is 14.3 Å². The number of carbonyl (C=O) groups is 1. The van der Waals surface area contributed by atoms with Crippen LogP contribution in [0.2, 0.25) is 0 Å². The maximum absolute atomic E-state index is 13.1. The number of aromatic nitrogens is 3. The Labute approximate surface area is 184 Å². The van der Waals surface area contributed by atoms with E-state index in [4.69, 9.17) is 4.42 Å². The summed E-state index contributed by atoms with van der Waals surface area (Å²) in [4.78, 5) is 25.0. The van der Waals surface area contributed by atoms with Gasteiger partial charge < -0.3 is 14.3 Å². The molecule has 0 saturated heterocycles. The van der Waals surface area contributed by atoms with Crippen molar-refractivity contribution < 1.29 is 13.6 Å². The van der Waals surface area contributed by atoms with E-state index in [1.54, 1.807) is 0 Å². The fourth-order valence-electron chi connectivity index (χ4n) is 4.31. The molecule has 1 N–H and O–H groups in total. The molecule has 1 aliphatic carbocycles. The molecule has 0 unspecified atom stereocenters. The van der Waals surface area contributed by atoms with Gasteiger partial charge in [-0.15, -0.1) is 5.10 Å². The molecule has 2 aromatic heterocycles. The topological polar surface area (TPSA) is 106 Å². The van der Waals surface area contributed by atoms with E-state index in [2.05, 4.69) is 21.1 Å². The Hall–Kier alpha value is -3.67. The van der Waals surface area contributed by atoms with E-state index >= 15 is 0 Å². The fraction of sp³-hybridized carbons (Fsp3) is 0.391. The molecule has 1 amide bonds. The van der Waals surface area contributed by atoms with Crippen LogP contribution in [0.5, 0.6) is 0 Å². The number of nitrogens with one attached hydrogen (secondary N) is 1. The number of anilines is 1. The zero-order valence-electron chi connectivity index (χ0n) is 18.0. The second-order valence-electron chi connectivity index (χ2n) is 8.09. The van der Waals surface area contributed by atoms with Crippen LogP contribution < -0.4 is 11.1 Å². The molecule has 0 bridgehead atoms. The Bertz CT molecular complexity index is 1240. The van der Waals surface area contributed by atoms with Crippen LogP contribution in [0, 0.1) is 31.0 Å². The van der Waals surface area contributed by atoms with Crippen LogP contribution in [-0.4, -0.2) is 20.3 Å². The van der Waals surface area contributed by atoms with Crippen molar-refractivity contribution in [2.24, 2.45) is 0 Å². The van der Waals surface area contributed by atoms with Crippen molar-refractivity contribution in [2.45, 2.75) is 58.5 Å². The molecule has 9 heteroatoms. The van der Waals surface area contributed by atoms with E-state index in [1.165, 1.54) is 30.7 Å². The summed E-state index contributed by atoms with van der Waals surface area (Å²) in [6, 6.07) is 7.76. The summed E-state index contributed by atoms with van der Waals surface area (Å²) in [5.74, 6) is -1.24. The average Bonchev–Trinajstić information content (AvgIpc) is 3.25. The summed E-state index contributed by atoms with van der Waals surface area (Å²) in [7, 11) is 0. The summed E-state index contributed by atoms with van der Waals surface area (Å²) in [6.07, 6.45) is 5.39. The molecule has 0 spiro atoms. The van der Waals surface area contributed by atoms with Crippen LogP contribution in [0.3, 0.4) is 0 Å². The summed E-state index contributed by atoms with van der Waals surface area (Å²) < 4.78 is 21.2. The van der Waals surface area contributed by atoms with Crippen molar-refractivity contribution >= 4 is 11.7 Å². The second-order valence-corrected chi connectivity index (χ2v) is 8.09. The first kappa shape index (κ1) is 21.6. The zero-order chi connectivity index (χ0) is 22.8. The van der Waals surface area contributed by atoms with Gasteiger partial charge in [0.05, 0.1) is 5.56 Å². The largest absolute Gasteiger partial charge is 0.437 e. The molecule has 0 aliphatic heterocycles. The van der Waals surface area contributed by atoms with Crippen LogP contribution in [0.25, 0.3) is 11.5 Å². The molecule has 4 rings (SSSR count). The quantitative estimate of drug-likeness (QED) is 0.647. The van der Waals surface area contributed by atoms with Gasteiger partial charge in [-0.25, -0.2) is 9.18 Å². The van der Waals surface area contributed by atoms with E-state index in [1.807, 2.05) is 13.8 Å². The Kier molecular flexibility index (Phi) is 5.95. The maximum atomic E-state index is 13.1. The number of hydrogen-bond donors (Lipinski definition) is 1. The van der Waals surface area contributed by atoms with Crippen LogP contribution in [0.4, 0.5) is 10.2 Å². The highest BCUT2D eigenvalue weighted by atomic mass is 19.1. The third-order valence-corrected chi connectivity index (χ3v) is 6.06. The predicted octanol–water partition coefficient (Wildman–Crippen LogP) is 4.08. The fourth-order valence-corrected chi connectivity index (χ4v) is 4.31. The monoisotopic (exact) mass is 437 g/mol. The first-order chi connectivity index (χ1) is 15.4. The normalized spacial score (nSPS) is 14.3. The molecule has 1 fully saturated rings. The Morgan fingerprint density at radius 2 is 1.94 bits per heavy atom. The highest BCUT2D eigenvalue weighted by molar-refractivity contribution is 5.91. The minimum atomic E-state index is -0.796. The van der Waals surface area contributed by atoms with E-state index < -0.39 is 17.5 Å². The zero-order valence-corrected chi connectivity index (χ0v) is 18.0. The standard InChI is InChI=1S/C23H24FN5O3/c1-14-15(2)29(18-6-4-3-5-7-18)21(19(14)12-25)26-20(30)13-28-23(31)32-22(27-28)16-8-10-17(24)11-9-16/h8-11,18H,3-7,13H2,1-2H3,(H,26,30). The molecular weight excluding hydrogens is 413 g/mol. The van der Waals surface area contributed by atoms with Gasteiger partial charge in [0.1, 0.15) is 24.2 Å². The number of nitriles is 1. The Morgan fingerprint density at radius 3 is 2.59 bits per heavy atom. The molecule has 166 valence electrons. The number of amides is 1. The van der Waals surface area contributed by atoms with Gasteiger partial charge in [-0.2, -0.15) is 9.94 Å². The van der Waals surface area contributed by atoms with Crippen molar-refractivity contribution in [1.29, 1.82) is 5.26 Å². The number of carbonyl (C=O) groups excluding carboxylic acids is 1. The van der Waals surface area contributed by atoms with Crippen LogP contribution in [-0.2, 0) is 11.3 Å². The van der Waals surface area contributed by atoms with Gasteiger partial charge in [-0.1, -0.05) is 19.3 Å². The lowest BCUT2D eigenvalue weighted by molar-refractivity contribution is -0.117. The molecule has 1 saturated carbocycles. The summed E-state index contributed by atoms with van der Waals surface area (Å²) in [5, 5.41) is 16.6. The highest BCUT2D eigenvalue weighted by Crippen LogP contribution is 2.36. The van der Waals surface area contributed by atoms with Gasteiger partial charge >= 0.3 is 5.76 Å². The average molecular weight is 437 g/mol. The lowest BCUT2D eigenvalue weighted by Gasteiger charge is -2.27. The second kappa shape index (κ2) is 8.83. The third kappa shape index (κ3) is 4.08. The minimum absolute atomic E-state index is 0.00205. The van der Waals surface area contributed by atoms with Gasteiger partial charge in [0, 0.05) is 17.3 Å². The first-order valence-electron chi connectivity index (χ1n) is 10.6. The van der Waals surface area contributed by atoms with Crippen molar-refractivity contribution in [2.75, 3.05) is 5.32 Å². The van der Waals surface area contributed by atoms with E-state index in [0.29, 0.717) is 16.9 Å². The van der Waals surface area contributed by atoms with E-state index in [-0.39, 0.29) is 18.5 Å². The van der Waals surface area contributed by atoms with Gasteiger partial charge in [0.2, 0.25) is 11.8 Å². The first-order valence-corrected chi connectivity index (χ1v) is 10.6. The Morgan fingerprint density at radius 1 is 1.25 bits per heavy atom. The smallest absolute Gasteiger partial charge is 0.388 e. The number of halogens is 1. The number of nitrogens with zero attached hydrogens (tertiary/aromatic N) is 4. The SMILES string of the molecule is Cc1c(C#N)c(NC(=O)Cn2nc(-c3ccc(F)cc3)oc2=O)n(C2CCCCC2)c1C.